The molecule has 2 aromatic rings. The Balaban J connectivity index is 1.31. The predicted octanol–water partition coefficient (Wildman–Crippen LogP) is 7.14. The van der Waals surface area contributed by atoms with Gasteiger partial charge in [-0.1, -0.05) is 36.4 Å². The van der Waals surface area contributed by atoms with Crippen molar-refractivity contribution in [2.75, 3.05) is 23.7 Å². The lowest BCUT2D eigenvalue weighted by molar-refractivity contribution is -0.120. The SMILES string of the molecule is CC(C)N(C(=O)N1CCCC1C(=O)Nc1ccc(C=Cc2ccc(NC(=O)[C@@H]3CCCN3C(=O)N(C(C)C)C(C)C)cc2)cc1)C(C)C. The van der Waals surface area contributed by atoms with Crippen molar-refractivity contribution in [1.82, 2.24) is 19.6 Å². The molecule has 0 aromatic heterocycles. The van der Waals surface area contributed by atoms with E-state index in [2.05, 4.69) is 10.6 Å². The van der Waals surface area contributed by atoms with E-state index in [1.807, 2.05) is 126 Å². The fraction of sp³-hybridized carbons (Fsp3) is 0.526. The highest BCUT2D eigenvalue weighted by molar-refractivity contribution is 5.98. The molecule has 2 heterocycles. The molecule has 2 aliphatic rings. The first-order valence-electron chi connectivity index (χ1n) is 17.5. The third kappa shape index (κ3) is 8.76. The van der Waals surface area contributed by atoms with Gasteiger partial charge in [0.15, 0.2) is 0 Å². The van der Waals surface area contributed by atoms with Gasteiger partial charge in [0.25, 0.3) is 0 Å². The molecular formula is C38H54N6O4. The number of nitrogens with one attached hydrogen (secondary N) is 2. The number of urea groups is 2. The zero-order valence-electron chi connectivity index (χ0n) is 29.9. The Bertz CT molecular complexity index is 1330. The van der Waals surface area contributed by atoms with Gasteiger partial charge in [-0.3, -0.25) is 9.59 Å². The molecule has 2 aliphatic heterocycles. The highest BCUT2D eigenvalue weighted by Crippen LogP contribution is 2.25. The number of rotatable bonds is 10. The maximum absolute atomic E-state index is 13.3. The highest BCUT2D eigenvalue weighted by atomic mass is 16.2. The van der Waals surface area contributed by atoms with Gasteiger partial charge in [0, 0.05) is 48.6 Å². The van der Waals surface area contributed by atoms with Crippen LogP contribution in [-0.2, 0) is 9.59 Å². The van der Waals surface area contributed by atoms with Gasteiger partial charge in [-0.05, 0) is 116 Å². The summed E-state index contributed by atoms with van der Waals surface area (Å²) in [7, 11) is 0. The number of nitrogens with zero attached hydrogens (tertiary/aromatic N) is 4. The largest absolute Gasteiger partial charge is 0.324 e. The molecule has 2 atom stereocenters. The van der Waals surface area contributed by atoms with Crippen molar-refractivity contribution in [1.29, 1.82) is 0 Å². The molecule has 0 saturated carbocycles. The lowest BCUT2D eigenvalue weighted by Crippen LogP contribution is -2.53. The minimum Gasteiger partial charge on any atom is -0.324 e. The van der Waals surface area contributed by atoms with Crippen LogP contribution in [0.4, 0.5) is 21.0 Å². The van der Waals surface area contributed by atoms with Gasteiger partial charge in [0.05, 0.1) is 0 Å². The summed E-state index contributed by atoms with van der Waals surface area (Å²) in [5.74, 6) is -0.326. The molecule has 260 valence electrons. The van der Waals surface area contributed by atoms with Crippen LogP contribution in [0.25, 0.3) is 12.2 Å². The molecule has 0 bridgehead atoms. The number of carbonyl (C=O) groups excluding carboxylic acids is 4. The van der Waals surface area contributed by atoms with E-state index in [4.69, 9.17) is 0 Å². The molecule has 2 aromatic carbocycles. The third-order valence-corrected chi connectivity index (χ3v) is 9.09. The molecule has 1 unspecified atom stereocenters. The number of hydrogen-bond donors (Lipinski definition) is 2. The first-order valence-corrected chi connectivity index (χ1v) is 17.5. The molecular weight excluding hydrogens is 604 g/mol. The second kappa shape index (κ2) is 16.2. The van der Waals surface area contributed by atoms with Crippen LogP contribution in [0.2, 0.25) is 0 Å². The number of anilines is 2. The molecule has 4 rings (SSSR count). The summed E-state index contributed by atoms with van der Waals surface area (Å²) in [6.45, 7) is 17.2. The van der Waals surface area contributed by atoms with Crippen LogP contribution in [0, 0.1) is 0 Å². The quantitative estimate of drug-likeness (QED) is 0.265. The van der Waals surface area contributed by atoms with Crippen LogP contribution < -0.4 is 10.6 Å². The minimum atomic E-state index is -0.482. The summed E-state index contributed by atoms with van der Waals surface area (Å²) in [5.41, 5.74) is 3.31. The zero-order chi connectivity index (χ0) is 35.1. The van der Waals surface area contributed by atoms with Crippen LogP contribution in [0.1, 0.15) is 92.2 Å². The lowest BCUT2D eigenvalue weighted by atomic mass is 10.1. The van der Waals surface area contributed by atoms with Crippen molar-refractivity contribution < 1.29 is 19.2 Å². The van der Waals surface area contributed by atoms with Crippen molar-refractivity contribution in [3.63, 3.8) is 0 Å². The van der Waals surface area contributed by atoms with Gasteiger partial charge >= 0.3 is 12.1 Å². The summed E-state index contributed by atoms with van der Waals surface area (Å²) in [6, 6.07) is 14.3. The van der Waals surface area contributed by atoms with Crippen molar-refractivity contribution in [2.24, 2.45) is 0 Å². The summed E-state index contributed by atoms with van der Waals surface area (Å²) in [5, 5.41) is 6.00. The molecule has 0 radical (unpaired) electrons. The number of likely N-dealkylation sites (tertiary alicyclic amines) is 2. The predicted molar refractivity (Wildman–Crippen MR) is 194 cm³/mol. The molecule has 6 amide bonds. The van der Waals surface area contributed by atoms with E-state index in [0.29, 0.717) is 37.3 Å². The topological polar surface area (TPSA) is 105 Å². The summed E-state index contributed by atoms with van der Waals surface area (Å²) in [4.78, 5) is 60.0. The Kier molecular flexibility index (Phi) is 12.3. The molecule has 48 heavy (non-hydrogen) atoms. The van der Waals surface area contributed by atoms with Crippen LogP contribution in [0.3, 0.4) is 0 Å². The first kappa shape index (κ1) is 36.5. The first-order chi connectivity index (χ1) is 22.8. The van der Waals surface area contributed by atoms with Crippen molar-refractivity contribution >= 4 is 47.4 Å². The van der Waals surface area contributed by atoms with E-state index in [1.165, 1.54) is 0 Å². The molecule has 2 saturated heterocycles. The average molecular weight is 659 g/mol. The molecule has 0 spiro atoms. The minimum absolute atomic E-state index is 0.0540. The Morgan fingerprint density at radius 3 is 1.19 bits per heavy atom. The smallest absolute Gasteiger partial charge is 0.321 e. The van der Waals surface area contributed by atoms with E-state index >= 15 is 0 Å². The maximum Gasteiger partial charge on any atom is 0.321 e. The Hall–Kier alpha value is -4.34. The number of carbonyl (C=O) groups is 4. The maximum atomic E-state index is 13.3. The van der Waals surface area contributed by atoms with Crippen LogP contribution in [-0.4, -0.2) is 92.8 Å². The van der Waals surface area contributed by atoms with Gasteiger partial charge in [0.2, 0.25) is 11.8 Å². The van der Waals surface area contributed by atoms with Crippen LogP contribution in [0.5, 0.6) is 0 Å². The van der Waals surface area contributed by atoms with E-state index < -0.39 is 12.1 Å². The number of benzene rings is 2. The van der Waals surface area contributed by atoms with E-state index in [9.17, 15) is 19.2 Å². The van der Waals surface area contributed by atoms with Gasteiger partial charge in [-0.25, -0.2) is 9.59 Å². The third-order valence-electron chi connectivity index (χ3n) is 9.09. The van der Waals surface area contributed by atoms with E-state index in [-0.39, 0.29) is 48.0 Å². The van der Waals surface area contributed by atoms with Crippen molar-refractivity contribution in [3.8, 4) is 0 Å². The van der Waals surface area contributed by atoms with Gasteiger partial charge in [-0.15, -0.1) is 0 Å². The van der Waals surface area contributed by atoms with Crippen LogP contribution >= 0.6 is 0 Å². The molecule has 2 fully saturated rings. The van der Waals surface area contributed by atoms with E-state index in [1.54, 1.807) is 9.80 Å². The Morgan fingerprint density at radius 2 is 0.896 bits per heavy atom. The summed E-state index contributed by atoms with van der Waals surface area (Å²) in [6.07, 6.45) is 6.89. The van der Waals surface area contributed by atoms with E-state index in [0.717, 1.165) is 24.0 Å². The van der Waals surface area contributed by atoms with Crippen molar-refractivity contribution in [3.05, 3.63) is 59.7 Å². The second-order valence-corrected chi connectivity index (χ2v) is 14.0. The van der Waals surface area contributed by atoms with Gasteiger partial charge < -0.3 is 30.2 Å². The standard InChI is InChI=1S/C38H54N6O4/c1-25(2)43(26(3)4)37(47)41-23-9-11-33(41)35(45)39-31-19-15-29(16-20-31)13-14-30-17-21-32(22-18-30)40-36(46)34-12-10-24-42(34)38(48)44(27(5)6)28(7)8/h13-22,25-28,33-34H,9-12,23-24H2,1-8H3,(H,39,45)(H,40,46)/t33-,34?/m0/s1. The molecule has 10 heteroatoms. The average Bonchev–Trinajstić information content (AvgIpc) is 3.72. The summed E-state index contributed by atoms with van der Waals surface area (Å²) >= 11 is 0. The zero-order valence-corrected chi connectivity index (χ0v) is 29.9. The number of hydrogen-bond acceptors (Lipinski definition) is 4. The molecule has 2 N–H and O–H groups in total. The highest BCUT2D eigenvalue weighted by Gasteiger charge is 2.39. The normalized spacial score (nSPS) is 18.0. The summed E-state index contributed by atoms with van der Waals surface area (Å²) < 4.78 is 0. The molecule has 0 aliphatic carbocycles. The fourth-order valence-electron chi connectivity index (χ4n) is 6.91. The second-order valence-electron chi connectivity index (χ2n) is 14.0. The molecule has 10 nitrogen and oxygen atoms in total. The van der Waals surface area contributed by atoms with Crippen LogP contribution in [0.15, 0.2) is 48.5 Å². The van der Waals surface area contributed by atoms with Gasteiger partial charge in [-0.2, -0.15) is 0 Å². The van der Waals surface area contributed by atoms with Gasteiger partial charge in [0.1, 0.15) is 12.1 Å². The Labute approximate surface area is 286 Å². The Morgan fingerprint density at radius 1 is 0.583 bits per heavy atom. The lowest BCUT2D eigenvalue weighted by Gasteiger charge is -2.36. The van der Waals surface area contributed by atoms with Crippen molar-refractivity contribution in [2.45, 2.75) is 117 Å². The number of amides is 6. The monoisotopic (exact) mass is 658 g/mol. The fourth-order valence-corrected chi connectivity index (χ4v) is 6.91.